The maximum atomic E-state index is 12.1. The number of benzene rings is 3. The number of aliphatic imine (C=N–C) groups is 2. The van der Waals surface area contributed by atoms with Crippen molar-refractivity contribution in [2.45, 2.75) is 84.5 Å². The number of non-ortho nitro benzene ring substituents is 2. The molecule has 3 aromatic carbocycles. The number of piperidine rings is 3. The van der Waals surface area contributed by atoms with Crippen molar-refractivity contribution in [3.05, 3.63) is 115 Å². The average Bonchev–Trinajstić information content (AvgIpc) is 3.21. The summed E-state index contributed by atoms with van der Waals surface area (Å²) in [5.74, 6) is 2.27. The lowest BCUT2D eigenvalue weighted by Gasteiger charge is -2.51. The van der Waals surface area contributed by atoms with E-state index in [1.54, 1.807) is 7.11 Å². The summed E-state index contributed by atoms with van der Waals surface area (Å²) in [4.78, 5) is 33.1. The molecule has 60 heavy (non-hydrogen) atoms. The molecule has 1 aromatic heterocycles. The highest BCUT2D eigenvalue weighted by Gasteiger charge is 2.42. The largest absolute Gasteiger partial charge is 0.497 e. The molecule has 6 atom stereocenters. The second-order valence-corrected chi connectivity index (χ2v) is 14.4. The number of aliphatic hydroxyl groups excluding tert-OH is 1. The Morgan fingerprint density at radius 2 is 1.62 bits per heavy atom. The third-order valence-electron chi connectivity index (χ3n) is 10.2. The van der Waals surface area contributed by atoms with Gasteiger partial charge in [0.15, 0.2) is 0 Å². The van der Waals surface area contributed by atoms with E-state index in [1.165, 1.54) is 61.4 Å². The molecule has 2 bridgehead atoms. The highest BCUT2D eigenvalue weighted by atomic mass is 35.5. The monoisotopic (exact) mass is 868 g/mol. The number of fused-ring (bicyclic) bond motifs is 4. The Morgan fingerprint density at radius 1 is 1.02 bits per heavy atom. The highest BCUT2D eigenvalue weighted by molar-refractivity contribution is 6.30. The normalized spacial score (nSPS) is 19.9. The van der Waals surface area contributed by atoms with E-state index in [-0.39, 0.29) is 31.4 Å². The molecule has 0 aliphatic carbocycles. The number of rotatable bonds is 10. The number of pyridine rings is 1. The van der Waals surface area contributed by atoms with Gasteiger partial charge in [-0.05, 0) is 98.2 Å². The number of hydrogen-bond acceptors (Lipinski definition) is 10. The number of hydrogen-bond donors (Lipinski definition) is 1. The summed E-state index contributed by atoms with van der Waals surface area (Å²) in [6.45, 7) is 6.13. The minimum atomic E-state index is -4.43. The molecule has 1 N–H and O–H groups in total. The lowest BCUT2D eigenvalue weighted by Crippen LogP contribution is -2.55. The number of methoxy groups -OCH3 is 1. The van der Waals surface area contributed by atoms with Crippen LogP contribution in [0.5, 0.6) is 5.75 Å². The van der Waals surface area contributed by atoms with E-state index in [9.17, 15) is 51.7 Å². The molecule has 326 valence electrons. The van der Waals surface area contributed by atoms with Crippen molar-refractivity contribution >= 4 is 45.8 Å². The summed E-state index contributed by atoms with van der Waals surface area (Å²) < 4.78 is 78.0. The van der Waals surface area contributed by atoms with Gasteiger partial charge in [-0.1, -0.05) is 44.5 Å². The van der Waals surface area contributed by atoms with Gasteiger partial charge in [-0.25, -0.2) is 4.98 Å². The lowest BCUT2D eigenvalue weighted by atomic mass is 9.72. The fourth-order valence-corrected chi connectivity index (χ4v) is 6.94. The van der Waals surface area contributed by atoms with Crippen LogP contribution in [0.3, 0.4) is 0 Å². The van der Waals surface area contributed by atoms with E-state index in [4.69, 9.17) is 16.3 Å². The van der Waals surface area contributed by atoms with Gasteiger partial charge in [0.05, 0.1) is 35.1 Å². The number of nitro benzene ring substituents is 2. The fraction of sp³-hybridized carbons (Fsp3) is 0.439. The van der Waals surface area contributed by atoms with Crippen LogP contribution in [0.25, 0.3) is 10.9 Å². The second-order valence-electron chi connectivity index (χ2n) is 14.0. The van der Waals surface area contributed by atoms with Gasteiger partial charge in [0.1, 0.15) is 22.7 Å². The third kappa shape index (κ3) is 13.4. The van der Waals surface area contributed by atoms with E-state index in [1.807, 2.05) is 24.3 Å². The highest BCUT2D eigenvalue weighted by Crippen LogP contribution is 2.43. The van der Waals surface area contributed by atoms with Crippen LogP contribution in [0.4, 0.5) is 37.7 Å². The Bertz CT molecular complexity index is 2120. The zero-order chi connectivity index (χ0) is 43.7. The van der Waals surface area contributed by atoms with Gasteiger partial charge in [0, 0.05) is 48.5 Å². The molecule has 0 spiro atoms. The van der Waals surface area contributed by atoms with Gasteiger partial charge < -0.3 is 9.84 Å². The summed E-state index contributed by atoms with van der Waals surface area (Å²) in [7, 11) is 1.65. The molecule has 3 aliphatic heterocycles. The quantitative estimate of drug-likeness (QED) is 0.0543. The molecule has 3 saturated heterocycles. The molecule has 4 heterocycles. The third-order valence-corrected chi connectivity index (χ3v) is 10.4. The summed E-state index contributed by atoms with van der Waals surface area (Å²) in [5.41, 5.74) is 1.38. The molecule has 7 rings (SSSR count). The molecule has 3 fully saturated rings. The van der Waals surface area contributed by atoms with E-state index >= 15 is 0 Å². The Labute approximate surface area is 348 Å². The molecule has 0 amide bonds. The van der Waals surface area contributed by atoms with E-state index in [0.29, 0.717) is 16.3 Å². The molecule has 0 saturated carbocycles. The van der Waals surface area contributed by atoms with Crippen LogP contribution in [0, 0.1) is 32.1 Å². The van der Waals surface area contributed by atoms with Crippen LogP contribution >= 0.6 is 11.6 Å². The Morgan fingerprint density at radius 3 is 2.12 bits per heavy atom. The number of ether oxygens (including phenoxy) is 1. The SMILES string of the molecule is C.CC(=NCc1ccc([N+](=O)[O-])cc1)C(F)(F)F.CC(N=Cc1ccc([N+](=O)[O-])cc1)C(F)(F)F.CCC1CN2CCC1CC2[C@@H](O)c1cc(Cl)nc2ccc(OC)cc12. The predicted octanol–water partition coefficient (Wildman–Crippen LogP) is 10.8. The van der Waals surface area contributed by atoms with E-state index in [2.05, 4.69) is 26.8 Å². The first kappa shape index (κ1) is 49.2. The molecule has 0 radical (unpaired) electrons. The molecule has 5 unspecified atom stereocenters. The number of nitrogens with zero attached hydrogens (tertiary/aromatic N) is 6. The van der Waals surface area contributed by atoms with Crippen LogP contribution in [0.15, 0.2) is 82.8 Å². The van der Waals surface area contributed by atoms with Crippen molar-refractivity contribution in [2.75, 3.05) is 20.2 Å². The van der Waals surface area contributed by atoms with E-state index < -0.39 is 40.1 Å². The Kier molecular flexibility index (Phi) is 17.5. The van der Waals surface area contributed by atoms with Crippen molar-refractivity contribution in [1.29, 1.82) is 0 Å². The Hall–Kier alpha value is -5.20. The van der Waals surface area contributed by atoms with E-state index in [0.717, 1.165) is 73.6 Å². The first-order valence-corrected chi connectivity index (χ1v) is 18.8. The number of aromatic nitrogens is 1. The van der Waals surface area contributed by atoms with Gasteiger partial charge >= 0.3 is 12.4 Å². The van der Waals surface area contributed by atoms with Crippen molar-refractivity contribution in [3.8, 4) is 5.75 Å². The predicted molar refractivity (Wildman–Crippen MR) is 219 cm³/mol. The summed E-state index contributed by atoms with van der Waals surface area (Å²) in [6, 6.07) is 16.2. The van der Waals surface area contributed by atoms with Crippen molar-refractivity contribution in [1.82, 2.24) is 9.88 Å². The smallest absolute Gasteiger partial charge is 0.428 e. The number of nitro groups is 2. The van der Waals surface area contributed by atoms with Crippen LogP contribution < -0.4 is 4.74 Å². The summed E-state index contributed by atoms with van der Waals surface area (Å²) in [5, 5.41) is 33.3. The zero-order valence-electron chi connectivity index (χ0n) is 32.5. The van der Waals surface area contributed by atoms with Crippen LogP contribution in [0.2, 0.25) is 5.15 Å². The maximum Gasteiger partial charge on any atom is 0.428 e. The number of alkyl halides is 6. The Balaban J connectivity index is 0.000000247. The standard InChI is InChI=1S/C20H25ClN2O2.2C10H9F3N2O2.CH4/c1-3-12-11-23-7-6-13(12)8-18(23)20(24)16-10-19(21)22-17-5-4-14(25-2)9-15(16)17;2*1-7(10(11,12)13)14-6-8-2-4-9(5-3-8)15(16)17;/h4-5,9-10,12-13,18,20,24H,3,6-8,11H2,1-2H3;2-5H,6H2,1H3;2-7H,1H3;1H4/t12?,13?,18?,20-;;;/m0.../s1. The second kappa shape index (κ2) is 21.4. The van der Waals surface area contributed by atoms with Crippen LogP contribution in [0.1, 0.15) is 70.3 Å². The number of aliphatic hydroxyl groups is 1. The summed E-state index contributed by atoms with van der Waals surface area (Å²) in [6.07, 6.45) is -4.78. The van der Waals surface area contributed by atoms with Gasteiger partial charge in [-0.3, -0.25) is 35.1 Å². The first-order chi connectivity index (χ1) is 27.7. The molecule has 12 nitrogen and oxygen atoms in total. The van der Waals surface area contributed by atoms with Gasteiger partial charge in [0.2, 0.25) is 0 Å². The fourth-order valence-electron chi connectivity index (χ4n) is 6.73. The molecule has 19 heteroatoms. The first-order valence-electron chi connectivity index (χ1n) is 18.4. The number of halogens is 7. The lowest BCUT2D eigenvalue weighted by molar-refractivity contribution is -0.385. The van der Waals surface area contributed by atoms with Crippen LogP contribution in [-0.2, 0) is 6.54 Å². The molecular weight excluding hydrogens is 822 g/mol. The molecule has 4 aromatic rings. The molecular formula is C41H47ClF6N6O6. The zero-order valence-corrected chi connectivity index (χ0v) is 33.2. The minimum absolute atomic E-state index is 0. The summed E-state index contributed by atoms with van der Waals surface area (Å²) >= 11 is 6.24. The van der Waals surface area contributed by atoms with Crippen molar-refractivity contribution < 1.29 is 46.0 Å². The van der Waals surface area contributed by atoms with Crippen LogP contribution in [-0.4, -0.2) is 81.4 Å². The van der Waals surface area contributed by atoms with Gasteiger partial charge in [0.25, 0.3) is 11.4 Å². The van der Waals surface area contributed by atoms with Crippen molar-refractivity contribution in [3.63, 3.8) is 0 Å². The maximum absolute atomic E-state index is 12.1. The average molecular weight is 869 g/mol. The molecule has 3 aliphatic rings. The van der Waals surface area contributed by atoms with Crippen molar-refractivity contribution in [2.24, 2.45) is 21.8 Å². The van der Waals surface area contributed by atoms with Gasteiger partial charge in [-0.2, -0.15) is 26.3 Å². The topological polar surface area (TPSA) is 157 Å². The van der Waals surface area contributed by atoms with Gasteiger partial charge in [-0.15, -0.1) is 0 Å². The minimum Gasteiger partial charge on any atom is -0.497 e.